The van der Waals surface area contributed by atoms with Gasteiger partial charge < -0.3 is 4.90 Å². The van der Waals surface area contributed by atoms with E-state index in [4.69, 9.17) is 0 Å². The summed E-state index contributed by atoms with van der Waals surface area (Å²) in [4.78, 5) is 2.34. The summed E-state index contributed by atoms with van der Waals surface area (Å²) < 4.78 is 0. The molecular formula is C19H35N. The number of hydrogen-bond donors (Lipinski definition) is 0. The molecule has 0 heterocycles. The van der Waals surface area contributed by atoms with Crippen LogP contribution >= 0.6 is 0 Å². The van der Waals surface area contributed by atoms with Crippen LogP contribution in [0.1, 0.15) is 67.2 Å². The Labute approximate surface area is 127 Å². The van der Waals surface area contributed by atoms with E-state index in [2.05, 4.69) is 70.9 Å². The number of allylic oxidation sites excluding steroid dienone is 5. The molecule has 0 unspecified atom stereocenters. The second kappa shape index (κ2) is 11.8. The third kappa shape index (κ3) is 10.9. The fraction of sp³-hybridized carbons (Fsp3) is 0.684. The molecule has 0 saturated heterocycles. The Kier molecular flexibility index (Phi) is 11.2. The first-order valence-electron chi connectivity index (χ1n) is 8.20. The summed E-state index contributed by atoms with van der Waals surface area (Å²) in [5.41, 5.74) is 2.95. The van der Waals surface area contributed by atoms with Gasteiger partial charge in [0.05, 0.1) is 0 Å². The normalized spacial score (nSPS) is 13.6. The molecule has 1 atom stereocenters. The zero-order chi connectivity index (χ0) is 15.4. The maximum Gasteiger partial charge on any atom is 0.0143 e. The summed E-state index contributed by atoms with van der Waals surface area (Å²) in [5, 5.41) is 0. The first-order chi connectivity index (χ1) is 9.49. The summed E-state index contributed by atoms with van der Waals surface area (Å²) >= 11 is 0. The molecule has 20 heavy (non-hydrogen) atoms. The van der Waals surface area contributed by atoms with E-state index < -0.39 is 0 Å². The van der Waals surface area contributed by atoms with Gasteiger partial charge in [0, 0.05) is 13.1 Å². The van der Waals surface area contributed by atoms with Crippen molar-refractivity contribution >= 4 is 0 Å². The summed E-state index contributed by atoms with van der Waals surface area (Å²) in [6.45, 7) is 15.5. The van der Waals surface area contributed by atoms with Crippen molar-refractivity contribution in [1.29, 1.82) is 0 Å². The van der Waals surface area contributed by atoms with Crippen LogP contribution < -0.4 is 0 Å². The van der Waals surface area contributed by atoms with Crippen molar-refractivity contribution in [3.63, 3.8) is 0 Å². The van der Waals surface area contributed by atoms with E-state index in [1.807, 2.05) is 0 Å². The van der Waals surface area contributed by atoms with Crippen LogP contribution in [-0.2, 0) is 0 Å². The van der Waals surface area contributed by atoms with Gasteiger partial charge in [-0.25, -0.2) is 0 Å². The molecule has 0 aliphatic rings. The minimum Gasteiger partial charge on any atom is -0.378 e. The molecule has 0 aromatic rings. The molecule has 116 valence electrons. The Morgan fingerprint density at radius 1 is 1.00 bits per heavy atom. The van der Waals surface area contributed by atoms with Gasteiger partial charge >= 0.3 is 0 Å². The molecule has 0 bridgehead atoms. The van der Waals surface area contributed by atoms with Crippen LogP contribution in [0.25, 0.3) is 0 Å². The second-order valence-corrected chi connectivity index (χ2v) is 5.99. The van der Waals surface area contributed by atoms with Gasteiger partial charge in [0.1, 0.15) is 0 Å². The molecule has 0 fully saturated rings. The van der Waals surface area contributed by atoms with Gasteiger partial charge in [0.15, 0.2) is 0 Å². The van der Waals surface area contributed by atoms with Crippen molar-refractivity contribution in [2.45, 2.75) is 67.2 Å². The van der Waals surface area contributed by atoms with Crippen LogP contribution in [0.2, 0.25) is 0 Å². The van der Waals surface area contributed by atoms with Crippen LogP contribution in [0.3, 0.4) is 0 Å². The van der Waals surface area contributed by atoms with Crippen LogP contribution in [0.5, 0.6) is 0 Å². The lowest BCUT2D eigenvalue weighted by atomic mass is 10.0. The molecule has 0 N–H and O–H groups in total. The third-order valence-corrected chi connectivity index (χ3v) is 3.64. The quantitative estimate of drug-likeness (QED) is 0.446. The highest BCUT2D eigenvalue weighted by atomic mass is 15.1. The van der Waals surface area contributed by atoms with Gasteiger partial charge in [-0.2, -0.15) is 0 Å². The molecule has 0 radical (unpaired) electrons. The fourth-order valence-corrected chi connectivity index (χ4v) is 2.08. The smallest absolute Gasteiger partial charge is 0.0143 e. The van der Waals surface area contributed by atoms with Crippen LogP contribution in [0, 0.1) is 5.92 Å². The topological polar surface area (TPSA) is 3.24 Å². The molecule has 1 nitrogen and oxygen atoms in total. The molecule has 0 spiro atoms. The lowest BCUT2D eigenvalue weighted by molar-refractivity contribution is 0.414. The SMILES string of the molecule is CCN(C=C[C@H](C)CCC=C(C)CCC=C(C)C)CC. The predicted octanol–water partition coefficient (Wildman–Crippen LogP) is 5.95. The predicted molar refractivity (Wildman–Crippen MR) is 92.9 cm³/mol. The highest BCUT2D eigenvalue weighted by Gasteiger charge is 1.97. The summed E-state index contributed by atoms with van der Waals surface area (Å²) in [6, 6.07) is 0. The minimum atomic E-state index is 0.664. The molecule has 0 rings (SSSR count). The zero-order valence-corrected chi connectivity index (χ0v) is 14.6. The van der Waals surface area contributed by atoms with Gasteiger partial charge in [0.25, 0.3) is 0 Å². The Hall–Kier alpha value is -0.980. The van der Waals surface area contributed by atoms with Gasteiger partial charge in [0.2, 0.25) is 0 Å². The lowest BCUT2D eigenvalue weighted by Crippen LogP contribution is -2.15. The lowest BCUT2D eigenvalue weighted by Gasteiger charge is -2.15. The minimum absolute atomic E-state index is 0.664. The van der Waals surface area contributed by atoms with Crippen molar-refractivity contribution in [3.8, 4) is 0 Å². The molecule has 0 saturated carbocycles. The zero-order valence-electron chi connectivity index (χ0n) is 14.6. The number of hydrogen-bond acceptors (Lipinski definition) is 1. The summed E-state index contributed by atoms with van der Waals surface area (Å²) in [7, 11) is 0. The summed E-state index contributed by atoms with van der Waals surface area (Å²) in [6.07, 6.45) is 14.2. The van der Waals surface area contributed by atoms with Gasteiger partial charge in [-0.05, 0) is 72.4 Å². The van der Waals surface area contributed by atoms with E-state index in [1.54, 1.807) is 0 Å². The van der Waals surface area contributed by atoms with Crippen molar-refractivity contribution in [3.05, 3.63) is 35.6 Å². The van der Waals surface area contributed by atoms with E-state index in [9.17, 15) is 0 Å². The maximum absolute atomic E-state index is 2.42. The highest BCUT2D eigenvalue weighted by Crippen LogP contribution is 2.12. The Balaban J connectivity index is 3.94. The Morgan fingerprint density at radius 3 is 2.20 bits per heavy atom. The largest absolute Gasteiger partial charge is 0.378 e. The average molecular weight is 277 g/mol. The molecule has 0 amide bonds. The molecule has 0 aliphatic carbocycles. The van der Waals surface area contributed by atoms with Crippen molar-refractivity contribution in [1.82, 2.24) is 4.90 Å². The monoisotopic (exact) mass is 277 g/mol. The second-order valence-electron chi connectivity index (χ2n) is 5.99. The average Bonchev–Trinajstić information content (AvgIpc) is 2.39. The van der Waals surface area contributed by atoms with E-state index in [0.29, 0.717) is 5.92 Å². The van der Waals surface area contributed by atoms with Crippen LogP contribution in [0.4, 0.5) is 0 Å². The van der Waals surface area contributed by atoms with Crippen LogP contribution in [-0.4, -0.2) is 18.0 Å². The Bertz CT molecular complexity index is 315. The Morgan fingerprint density at radius 2 is 1.65 bits per heavy atom. The first kappa shape index (κ1) is 19.0. The van der Waals surface area contributed by atoms with Gasteiger partial charge in [-0.15, -0.1) is 0 Å². The highest BCUT2D eigenvalue weighted by molar-refractivity contribution is 5.02. The van der Waals surface area contributed by atoms with E-state index in [0.717, 1.165) is 13.1 Å². The first-order valence-corrected chi connectivity index (χ1v) is 8.20. The molecule has 1 heteroatoms. The van der Waals surface area contributed by atoms with E-state index >= 15 is 0 Å². The van der Waals surface area contributed by atoms with Gasteiger partial charge in [-0.1, -0.05) is 36.3 Å². The molecule has 0 aliphatic heterocycles. The molecule has 0 aromatic heterocycles. The molecular weight excluding hydrogens is 242 g/mol. The van der Waals surface area contributed by atoms with Crippen LogP contribution in [0.15, 0.2) is 35.6 Å². The van der Waals surface area contributed by atoms with Gasteiger partial charge in [-0.3, -0.25) is 0 Å². The van der Waals surface area contributed by atoms with Crippen molar-refractivity contribution in [2.24, 2.45) is 5.92 Å². The van der Waals surface area contributed by atoms with E-state index in [1.165, 1.54) is 36.8 Å². The van der Waals surface area contributed by atoms with Crippen molar-refractivity contribution < 1.29 is 0 Å². The number of rotatable bonds is 10. The summed E-state index contributed by atoms with van der Waals surface area (Å²) in [5.74, 6) is 0.664. The maximum atomic E-state index is 2.42. The fourth-order valence-electron chi connectivity index (χ4n) is 2.08. The van der Waals surface area contributed by atoms with Crippen molar-refractivity contribution in [2.75, 3.05) is 13.1 Å². The van der Waals surface area contributed by atoms with E-state index in [-0.39, 0.29) is 0 Å². The standard InChI is InChI=1S/C19H35N/c1-7-20(8-2)16-15-19(6)14-10-13-18(5)12-9-11-17(3)4/h11,13,15-16,19H,7-10,12,14H2,1-6H3/t19-/m1/s1. The third-order valence-electron chi connectivity index (χ3n) is 3.64. The molecule has 0 aromatic carbocycles. The number of nitrogens with zero attached hydrogens (tertiary/aromatic N) is 1.